The lowest BCUT2D eigenvalue weighted by molar-refractivity contribution is -0.144. The molecule has 5 atom stereocenters. The van der Waals surface area contributed by atoms with Gasteiger partial charge in [-0.15, -0.1) is 0 Å². The molecule has 5 unspecified atom stereocenters. The number of carboxylic acid groups (broad SMARTS) is 1. The first kappa shape index (κ1) is 33.2. The van der Waals surface area contributed by atoms with Gasteiger partial charge in [-0.1, -0.05) is 46.2 Å². The van der Waals surface area contributed by atoms with Gasteiger partial charge in [0, 0.05) is 6.54 Å². The molecule has 0 saturated carbocycles. The van der Waals surface area contributed by atoms with E-state index >= 15 is 0 Å². The van der Waals surface area contributed by atoms with E-state index in [1.165, 1.54) is 12.1 Å². The molecule has 1 aromatic rings. The van der Waals surface area contributed by atoms with Crippen LogP contribution in [0.3, 0.4) is 0 Å². The van der Waals surface area contributed by atoms with Crippen molar-refractivity contribution in [3.63, 3.8) is 0 Å². The molecular formula is C26H43N7O6. The summed E-state index contributed by atoms with van der Waals surface area (Å²) in [6.45, 7) is 7.17. The van der Waals surface area contributed by atoms with Gasteiger partial charge in [-0.3, -0.25) is 19.4 Å². The third-order valence-corrected chi connectivity index (χ3v) is 6.33. The molecule has 13 nitrogen and oxygen atoms in total. The van der Waals surface area contributed by atoms with Crippen LogP contribution in [0.1, 0.15) is 52.5 Å². The number of rotatable bonds is 16. The quantitative estimate of drug-likeness (QED) is 0.0756. The molecule has 11 N–H and O–H groups in total. The molecule has 1 rings (SSSR count). The number of nitrogens with two attached hydrogens (primary N) is 3. The Morgan fingerprint density at radius 2 is 1.51 bits per heavy atom. The number of nitrogens with one attached hydrogen (secondary N) is 3. The summed E-state index contributed by atoms with van der Waals surface area (Å²) in [6, 6.07) is 2.02. The second-order valence-corrected chi connectivity index (χ2v) is 9.93. The fourth-order valence-corrected chi connectivity index (χ4v) is 3.74. The molecule has 0 fully saturated rings. The van der Waals surface area contributed by atoms with Crippen LogP contribution >= 0.6 is 0 Å². The summed E-state index contributed by atoms with van der Waals surface area (Å²) in [5.41, 5.74) is 17.5. The molecule has 0 radical (unpaired) electrons. The first-order chi connectivity index (χ1) is 18.3. The number of nitrogens with zero attached hydrogens (tertiary/aromatic N) is 1. The first-order valence-electron chi connectivity index (χ1n) is 13.0. The lowest BCUT2D eigenvalue weighted by Crippen LogP contribution is -2.59. The maximum Gasteiger partial charge on any atom is 0.326 e. The smallest absolute Gasteiger partial charge is 0.326 e. The Morgan fingerprint density at radius 1 is 0.923 bits per heavy atom. The van der Waals surface area contributed by atoms with Crippen molar-refractivity contribution in [3.8, 4) is 5.75 Å². The number of aliphatic imine (C=N–C) groups is 1. The van der Waals surface area contributed by atoms with Gasteiger partial charge in [0.25, 0.3) is 0 Å². The number of phenols is 1. The van der Waals surface area contributed by atoms with Crippen LogP contribution in [0.5, 0.6) is 5.75 Å². The van der Waals surface area contributed by atoms with Crippen molar-refractivity contribution in [3.05, 3.63) is 29.8 Å². The second kappa shape index (κ2) is 16.2. The van der Waals surface area contributed by atoms with Crippen LogP contribution < -0.4 is 33.2 Å². The molecule has 1 aromatic carbocycles. The second-order valence-electron chi connectivity index (χ2n) is 9.93. The summed E-state index contributed by atoms with van der Waals surface area (Å²) < 4.78 is 0. The van der Waals surface area contributed by atoms with Crippen LogP contribution in [-0.2, 0) is 25.6 Å². The number of benzene rings is 1. The molecule has 0 aliphatic rings. The number of carboxylic acids is 1. The molecule has 39 heavy (non-hydrogen) atoms. The lowest BCUT2D eigenvalue weighted by atomic mass is 9.97. The molecule has 0 aromatic heterocycles. The highest BCUT2D eigenvalue weighted by molar-refractivity contribution is 5.94. The van der Waals surface area contributed by atoms with Gasteiger partial charge in [0.2, 0.25) is 17.7 Å². The zero-order chi connectivity index (χ0) is 29.7. The van der Waals surface area contributed by atoms with Gasteiger partial charge in [0.05, 0.1) is 6.04 Å². The molecule has 0 bridgehead atoms. The van der Waals surface area contributed by atoms with Gasteiger partial charge in [-0.25, -0.2) is 4.79 Å². The molecule has 13 heteroatoms. The third kappa shape index (κ3) is 11.6. The summed E-state index contributed by atoms with van der Waals surface area (Å²) in [5.74, 6) is -3.76. The number of guanidine groups is 1. The van der Waals surface area contributed by atoms with Crippen molar-refractivity contribution >= 4 is 29.7 Å². The highest BCUT2D eigenvalue weighted by atomic mass is 16.4. The maximum absolute atomic E-state index is 13.3. The maximum atomic E-state index is 13.3. The van der Waals surface area contributed by atoms with Crippen molar-refractivity contribution in [1.82, 2.24) is 16.0 Å². The van der Waals surface area contributed by atoms with Gasteiger partial charge >= 0.3 is 5.97 Å². The summed E-state index contributed by atoms with van der Waals surface area (Å²) in [5, 5.41) is 26.8. The predicted molar refractivity (Wildman–Crippen MR) is 147 cm³/mol. The third-order valence-electron chi connectivity index (χ3n) is 6.33. The lowest BCUT2D eigenvalue weighted by Gasteiger charge is -2.28. The Labute approximate surface area is 229 Å². The first-order valence-corrected chi connectivity index (χ1v) is 13.0. The normalized spacial score (nSPS) is 14.8. The van der Waals surface area contributed by atoms with Crippen molar-refractivity contribution < 1.29 is 29.4 Å². The van der Waals surface area contributed by atoms with E-state index in [9.17, 15) is 29.4 Å². The summed E-state index contributed by atoms with van der Waals surface area (Å²) in [4.78, 5) is 54.7. The van der Waals surface area contributed by atoms with Crippen LogP contribution in [0.15, 0.2) is 29.3 Å². The number of carbonyl (C=O) groups excluding carboxylic acids is 3. The number of amides is 3. The van der Waals surface area contributed by atoms with E-state index in [1.54, 1.807) is 32.9 Å². The Balaban J connectivity index is 3.02. The SMILES string of the molecule is CCC(C)C(NC(=O)C(NC(=O)C(CCCN=C(N)N)NC(=O)C(N)Cc1ccc(O)cc1)C(C)C)C(=O)O. The fourth-order valence-electron chi connectivity index (χ4n) is 3.74. The number of aliphatic carboxylic acids is 1. The van der Waals surface area contributed by atoms with E-state index in [2.05, 4.69) is 20.9 Å². The Kier molecular flexibility index (Phi) is 13.7. The number of aromatic hydroxyl groups is 1. The van der Waals surface area contributed by atoms with E-state index in [-0.39, 0.29) is 42.9 Å². The molecule has 0 heterocycles. The monoisotopic (exact) mass is 549 g/mol. The molecule has 0 aliphatic carbocycles. The van der Waals surface area contributed by atoms with Crippen LogP contribution in [0.4, 0.5) is 0 Å². The summed E-state index contributed by atoms with van der Waals surface area (Å²) in [6.07, 6.45) is 1.19. The van der Waals surface area contributed by atoms with Crippen molar-refractivity contribution in [2.45, 2.75) is 77.5 Å². The van der Waals surface area contributed by atoms with E-state index in [4.69, 9.17) is 17.2 Å². The molecule has 218 valence electrons. The fraction of sp³-hybridized carbons (Fsp3) is 0.577. The van der Waals surface area contributed by atoms with Crippen LogP contribution in [0.2, 0.25) is 0 Å². The zero-order valence-corrected chi connectivity index (χ0v) is 23.0. The van der Waals surface area contributed by atoms with Gasteiger partial charge < -0.3 is 43.4 Å². The molecule has 3 amide bonds. The van der Waals surface area contributed by atoms with Crippen molar-refractivity contribution in [2.75, 3.05) is 6.54 Å². The van der Waals surface area contributed by atoms with Crippen LogP contribution in [0, 0.1) is 11.8 Å². The molecule has 0 aliphatic heterocycles. The van der Waals surface area contributed by atoms with Crippen LogP contribution in [-0.4, -0.2) is 70.6 Å². The zero-order valence-electron chi connectivity index (χ0n) is 23.0. The molecule has 0 saturated heterocycles. The average Bonchev–Trinajstić information content (AvgIpc) is 2.87. The van der Waals surface area contributed by atoms with Gasteiger partial charge in [0.15, 0.2) is 5.96 Å². The minimum absolute atomic E-state index is 0.0804. The average molecular weight is 550 g/mol. The van der Waals surface area contributed by atoms with E-state index < -0.39 is 47.9 Å². The van der Waals surface area contributed by atoms with E-state index in [1.807, 2.05) is 6.92 Å². The number of hydrogen-bond donors (Lipinski definition) is 8. The number of hydrogen-bond acceptors (Lipinski definition) is 7. The summed E-state index contributed by atoms with van der Waals surface area (Å²) in [7, 11) is 0. The highest BCUT2D eigenvalue weighted by Crippen LogP contribution is 2.12. The Hall–Kier alpha value is -3.87. The molecule has 0 spiro atoms. The van der Waals surface area contributed by atoms with Gasteiger partial charge in [-0.2, -0.15) is 0 Å². The predicted octanol–water partition coefficient (Wildman–Crippen LogP) is -0.443. The number of carbonyl (C=O) groups is 4. The Bertz CT molecular complexity index is 995. The minimum Gasteiger partial charge on any atom is -0.508 e. The number of phenolic OH excluding ortho intramolecular Hbond substituents is 1. The van der Waals surface area contributed by atoms with Gasteiger partial charge in [-0.05, 0) is 48.8 Å². The van der Waals surface area contributed by atoms with Crippen molar-refractivity contribution in [1.29, 1.82) is 0 Å². The van der Waals surface area contributed by atoms with E-state index in [0.29, 0.717) is 12.8 Å². The highest BCUT2D eigenvalue weighted by Gasteiger charge is 2.33. The van der Waals surface area contributed by atoms with E-state index in [0.717, 1.165) is 5.56 Å². The summed E-state index contributed by atoms with van der Waals surface area (Å²) >= 11 is 0. The minimum atomic E-state index is -1.17. The van der Waals surface area contributed by atoms with Crippen molar-refractivity contribution in [2.24, 2.45) is 34.0 Å². The van der Waals surface area contributed by atoms with Crippen LogP contribution in [0.25, 0.3) is 0 Å². The topological polar surface area (TPSA) is 235 Å². The van der Waals surface area contributed by atoms with Gasteiger partial charge in [0.1, 0.15) is 23.9 Å². The largest absolute Gasteiger partial charge is 0.508 e. The molecular weight excluding hydrogens is 506 g/mol. The standard InChI is InChI=1S/C26H43N7O6/c1-5-15(4)21(25(38)39)33-24(37)20(14(2)3)32-23(36)19(7-6-12-30-26(28)29)31-22(35)18(27)13-16-8-10-17(34)11-9-16/h8-11,14-15,18-21,34H,5-7,12-13,27H2,1-4H3,(H,31,35)(H,32,36)(H,33,37)(H,38,39)(H4,28,29,30). The Morgan fingerprint density at radius 3 is 2.03 bits per heavy atom.